The molecule has 0 aromatic rings. The number of hydrogen-bond acceptors (Lipinski definition) is 3. The second-order valence-electron chi connectivity index (χ2n) is 3.38. The van der Waals surface area contributed by atoms with E-state index in [1.807, 2.05) is 0 Å². The van der Waals surface area contributed by atoms with Crippen LogP contribution in [-0.4, -0.2) is 21.3 Å². The second kappa shape index (κ2) is 4.16. The predicted molar refractivity (Wildman–Crippen MR) is 46.5 cm³/mol. The molecule has 1 fully saturated rings. The van der Waals surface area contributed by atoms with E-state index in [1.165, 1.54) is 0 Å². The highest BCUT2D eigenvalue weighted by molar-refractivity contribution is 5.87. The van der Waals surface area contributed by atoms with Crippen LogP contribution >= 0.6 is 0 Å². The number of hydrogen-bond donors (Lipinski definition) is 3. The van der Waals surface area contributed by atoms with Crippen LogP contribution in [0.1, 0.15) is 32.1 Å². The predicted octanol–water partition coefficient (Wildman–Crippen LogP) is 1.98. The van der Waals surface area contributed by atoms with Crippen molar-refractivity contribution in [2.45, 2.75) is 32.1 Å². The standard InChI is InChI=1S/C9H14O4/c10-8(11)7(9(12)13)6-4-2-1-3-5-6/h6,10-11H,1-5H2,(H,12,13). The molecule has 0 unspecified atom stereocenters. The third-order valence-electron chi connectivity index (χ3n) is 2.48. The molecule has 0 atom stereocenters. The Morgan fingerprint density at radius 3 is 1.92 bits per heavy atom. The van der Waals surface area contributed by atoms with E-state index < -0.39 is 11.9 Å². The van der Waals surface area contributed by atoms with Gasteiger partial charge in [0.2, 0.25) is 0 Å². The van der Waals surface area contributed by atoms with E-state index in [0.29, 0.717) is 0 Å². The second-order valence-corrected chi connectivity index (χ2v) is 3.38. The minimum absolute atomic E-state index is 0.184. The van der Waals surface area contributed by atoms with Gasteiger partial charge >= 0.3 is 5.97 Å². The van der Waals surface area contributed by atoms with Gasteiger partial charge in [-0.1, -0.05) is 19.3 Å². The number of carbonyl (C=O) groups is 1. The fourth-order valence-electron chi connectivity index (χ4n) is 1.84. The molecule has 0 aromatic heterocycles. The van der Waals surface area contributed by atoms with E-state index in [2.05, 4.69) is 0 Å². The summed E-state index contributed by atoms with van der Waals surface area (Å²) in [4.78, 5) is 10.7. The number of carboxylic acids is 1. The molecule has 0 spiro atoms. The van der Waals surface area contributed by atoms with E-state index >= 15 is 0 Å². The summed E-state index contributed by atoms with van der Waals surface area (Å²) in [6, 6.07) is 0. The smallest absolute Gasteiger partial charge is 0.339 e. The monoisotopic (exact) mass is 186 g/mol. The normalized spacial score (nSPS) is 18.2. The maximum atomic E-state index is 10.7. The van der Waals surface area contributed by atoms with E-state index in [0.717, 1.165) is 32.1 Å². The molecule has 13 heavy (non-hydrogen) atoms. The zero-order valence-corrected chi connectivity index (χ0v) is 7.36. The summed E-state index contributed by atoms with van der Waals surface area (Å²) in [5, 5.41) is 26.3. The van der Waals surface area contributed by atoms with Crippen LogP contribution in [0, 0.1) is 5.92 Å². The zero-order chi connectivity index (χ0) is 9.84. The Kier molecular flexibility index (Phi) is 3.17. The van der Waals surface area contributed by atoms with Crippen molar-refractivity contribution in [2.75, 3.05) is 0 Å². The molecule has 0 saturated heterocycles. The van der Waals surface area contributed by atoms with Gasteiger partial charge in [-0.25, -0.2) is 4.79 Å². The number of aliphatic carboxylic acids is 1. The molecule has 4 nitrogen and oxygen atoms in total. The fraction of sp³-hybridized carbons (Fsp3) is 0.667. The van der Waals surface area contributed by atoms with Crippen LogP contribution < -0.4 is 0 Å². The van der Waals surface area contributed by atoms with Gasteiger partial charge in [-0.15, -0.1) is 0 Å². The van der Waals surface area contributed by atoms with E-state index in [1.54, 1.807) is 0 Å². The number of carboxylic acid groups (broad SMARTS) is 1. The van der Waals surface area contributed by atoms with Crippen molar-refractivity contribution in [1.29, 1.82) is 0 Å². The van der Waals surface area contributed by atoms with Gasteiger partial charge in [0.25, 0.3) is 5.95 Å². The summed E-state index contributed by atoms with van der Waals surface area (Å²) in [5.41, 5.74) is -0.222. The summed E-state index contributed by atoms with van der Waals surface area (Å²) < 4.78 is 0. The minimum atomic E-state index is -1.22. The summed E-state index contributed by atoms with van der Waals surface area (Å²) in [7, 11) is 0. The lowest BCUT2D eigenvalue weighted by atomic mass is 9.84. The van der Waals surface area contributed by atoms with Gasteiger partial charge in [0.05, 0.1) is 0 Å². The van der Waals surface area contributed by atoms with Crippen LogP contribution in [0.25, 0.3) is 0 Å². The molecule has 0 bridgehead atoms. The van der Waals surface area contributed by atoms with Crippen molar-refractivity contribution in [3.8, 4) is 0 Å². The topological polar surface area (TPSA) is 77.8 Å². The average molecular weight is 186 g/mol. The molecule has 0 aromatic carbocycles. The largest absolute Gasteiger partial charge is 0.481 e. The van der Waals surface area contributed by atoms with Gasteiger partial charge in [0.15, 0.2) is 0 Å². The quantitative estimate of drug-likeness (QED) is 0.455. The molecule has 1 rings (SSSR count). The molecule has 0 amide bonds. The maximum absolute atomic E-state index is 10.7. The number of aliphatic hydroxyl groups is 2. The van der Waals surface area contributed by atoms with Gasteiger partial charge in [-0.3, -0.25) is 0 Å². The zero-order valence-electron chi connectivity index (χ0n) is 7.36. The van der Waals surface area contributed by atoms with Gasteiger partial charge in [-0.2, -0.15) is 0 Å². The van der Waals surface area contributed by atoms with Crippen molar-refractivity contribution in [2.24, 2.45) is 5.92 Å². The van der Waals surface area contributed by atoms with Crippen LogP contribution in [0.15, 0.2) is 11.5 Å². The van der Waals surface area contributed by atoms with E-state index in [9.17, 15) is 4.79 Å². The van der Waals surface area contributed by atoms with Gasteiger partial charge in [0, 0.05) is 0 Å². The van der Waals surface area contributed by atoms with Crippen molar-refractivity contribution >= 4 is 5.97 Å². The maximum Gasteiger partial charge on any atom is 0.339 e. The van der Waals surface area contributed by atoms with Crippen LogP contribution in [0.3, 0.4) is 0 Å². The first kappa shape index (κ1) is 9.89. The highest BCUT2D eigenvalue weighted by Gasteiger charge is 2.26. The Morgan fingerprint density at radius 1 is 1.00 bits per heavy atom. The molecule has 1 aliphatic rings. The van der Waals surface area contributed by atoms with Crippen LogP contribution in [0.5, 0.6) is 0 Å². The van der Waals surface area contributed by atoms with Crippen molar-refractivity contribution in [3.05, 3.63) is 11.5 Å². The Balaban J connectivity index is 2.75. The Morgan fingerprint density at radius 2 is 1.54 bits per heavy atom. The fourth-order valence-corrected chi connectivity index (χ4v) is 1.84. The van der Waals surface area contributed by atoms with Gasteiger partial charge in [0.1, 0.15) is 5.57 Å². The third-order valence-corrected chi connectivity index (χ3v) is 2.48. The van der Waals surface area contributed by atoms with E-state index in [4.69, 9.17) is 15.3 Å². The molecular weight excluding hydrogens is 172 g/mol. The molecular formula is C9H14O4. The molecule has 4 heteroatoms. The lowest BCUT2D eigenvalue weighted by Crippen LogP contribution is -2.18. The Bertz CT molecular complexity index is 222. The lowest BCUT2D eigenvalue weighted by Gasteiger charge is -2.21. The number of rotatable bonds is 2. The highest BCUT2D eigenvalue weighted by Crippen LogP contribution is 2.30. The SMILES string of the molecule is O=C(O)C(=C(O)O)C1CCCCC1. The summed E-state index contributed by atoms with van der Waals surface area (Å²) in [5.74, 6) is -2.43. The molecule has 0 radical (unpaired) electrons. The molecule has 1 saturated carbocycles. The molecule has 0 heterocycles. The van der Waals surface area contributed by atoms with Crippen LogP contribution in [0.2, 0.25) is 0 Å². The highest BCUT2D eigenvalue weighted by atomic mass is 16.5. The molecule has 74 valence electrons. The molecule has 0 aliphatic heterocycles. The average Bonchev–Trinajstić information content (AvgIpc) is 2.04. The molecule has 3 N–H and O–H groups in total. The van der Waals surface area contributed by atoms with Crippen molar-refractivity contribution in [1.82, 2.24) is 0 Å². The first-order valence-electron chi connectivity index (χ1n) is 4.48. The van der Waals surface area contributed by atoms with E-state index in [-0.39, 0.29) is 11.5 Å². The Labute approximate surface area is 76.5 Å². The van der Waals surface area contributed by atoms with Crippen molar-refractivity contribution < 1.29 is 20.1 Å². The minimum Gasteiger partial charge on any atom is -0.481 e. The summed E-state index contributed by atoms with van der Waals surface area (Å²) in [6.07, 6.45) is 4.53. The van der Waals surface area contributed by atoms with Gasteiger partial charge in [-0.05, 0) is 18.8 Å². The van der Waals surface area contributed by atoms with Crippen LogP contribution in [0.4, 0.5) is 0 Å². The third kappa shape index (κ3) is 2.37. The summed E-state index contributed by atoms with van der Waals surface area (Å²) in [6.45, 7) is 0. The number of aliphatic hydroxyl groups excluding tert-OH is 1. The molecule has 1 aliphatic carbocycles. The Hall–Kier alpha value is -1.19. The first-order valence-corrected chi connectivity index (χ1v) is 4.48. The van der Waals surface area contributed by atoms with Gasteiger partial charge < -0.3 is 15.3 Å². The lowest BCUT2D eigenvalue weighted by molar-refractivity contribution is -0.134. The van der Waals surface area contributed by atoms with Crippen LogP contribution in [-0.2, 0) is 4.79 Å². The van der Waals surface area contributed by atoms with Crippen molar-refractivity contribution in [3.63, 3.8) is 0 Å². The first-order chi connectivity index (χ1) is 6.13. The summed E-state index contributed by atoms with van der Waals surface area (Å²) >= 11 is 0.